The van der Waals surface area contributed by atoms with Gasteiger partial charge in [-0.15, -0.1) is 5.10 Å². The van der Waals surface area contributed by atoms with E-state index in [-0.39, 0.29) is 0 Å². The molecule has 0 radical (unpaired) electrons. The number of aryl methyl sites for hydroxylation is 1. The van der Waals surface area contributed by atoms with Gasteiger partial charge in [0.25, 0.3) is 0 Å². The second-order valence-electron chi connectivity index (χ2n) is 4.41. The lowest BCUT2D eigenvalue weighted by Crippen LogP contribution is -2.35. The van der Waals surface area contributed by atoms with Crippen LogP contribution in [0.2, 0.25) is 0 Å². The molecule has 15 heavy (non-hydrogen) atoms. The topological polar surface area (TPSA) is 63.8 Å². The third-order valence-electron chi connectivity index (χ3n) is 3.05. The third kappa shape index (κ3) is 2.26. The fourth-order valence-electron chi connectivity index (χ4n) is 2.30. The largest absolute Gasteiger partial charge is 0.382 e. The van der Waals surface area contributed by atoms with Crippen LogP contribution in [-0.2, 0) is 0 Å². The average Bonchev–Trinajstić information content (AvgIpc) is 2.17. The molecule has 1 aliphatic heterocycles. The Bertz CT molecular complexity index is 350. The van der Waals surface area contributed by atoms with Gasteiger partial charge in [-0.2, -0.15) is 5.10 Å². The van der Waals surface area contributed by atoms with Gasteiger partial charge in [0.2, 0.25) is 0 Å². The van der Waals surface area contributed by atoms with Crippen molar-refractivity contribution in [1.82, 2.24) is 15.5 Å². The number of hydrogen-bond donors (Lipinski definition) is 2. The second-order valence-corrected chi connectivity index (χ2v) is 4.41. The predicted molar refractivity (Wildman–Crippen MR) is 60.6 cm³/mol. The summed E-state index contributed by atoms with van der Waals surface area (Å²) in [5.41, 5.74) is 7.89. The number of nitrogen functional groups attached to an aromatic ring is 1. The van der Waals surface area contributed by atoms with Crippen molar-refractivity contribution in [3.63, 3.8) is 0 Å². The number of rotatable bonds is 1. The van der Waals surface area contributed by atoms with E-state index in [4.69, 9.17) is 5.73 Å². The van der Waals surface area contributed by atoms with Gasteiger partial charge >= 0.3 is 0 Å². The van der Waals surface area contributed by atoms with E-state index in [1.54, 1.807) is 0 Å². The highest BCUT2D eigenvalue weighted by molar-refractivity contribution is 5.33. The molecule has 0 amide bonds. The summed E-state index contributed by atoms with van der Waals surface area (Å²) in [6, 6.07) is 2.48. The lowest BCUT2D eigenvalue weighted by atomic mass is 9.88. The Morgan fingerprint density at radius 2 is 2.27 bits per heavy atom. The first kappa shape index (κ1) is 10.4. The predicted octanol–water partition coefficient (Wildman–Crippen LogP) is 1.22. The quantitative estimate of drug-likeness (QED) is 0.725. The second kappa shape index (κ2) is 4.14. The van der Waals surface area contributed by atoms with E-state index in [9.17, 15) is 0 Å². The highest BCUT2D eigenvalue weighted by atomic mass is 15.1. The molecule has 1 aromatic heterocycles. The van der Waals surface area contributed by atoms with E-state index in [2.05, 4.69) is 29.4 Å². The number of anilines is 1. The van der Waals surface area contributed by atoms with Crippen LogP contribution in [0.5, 0.6) is 0 Å². The normalized spacial score (nSPS) is 26.5. The van der Waals surface area contributed by atoms with E-state index in [1.165, 1.54) is 5.56 Å². The molecule has 0 bridgehead atoms. The zero-order chi connectivity index (χ0) is 10.8. The van der Waals surface area contributed by atoms with Crippen molar-refractivity contribution >= 4 is 5.82 Å². The van der Waals surface area contributed by atoms with E-state index in [0.717, 1.165) is 25.1 Å². The summed E-state index contributed by atoms with van der Waals surface area (Å²) >= 11 is 0. The molecule has 0 aliphatic carbocycles. The minimum absolute atomic E-state index is 0.512. The van der Waals surface area contributed by atoms with Gasteiger partial charge in [-0.05, 0) is 44.9 Å². The maximum Gasteiger partial charge on any atom is 0.146 e. The molecule has 0 saturated carbocycles. The Morgan fingerprint density at radius 3 is 2.93 bits per heavy atom. The van der Waals surface area contributed by atoms with Crippen LogP contribution < -0.4 is 11.1 Å². The molecule has 1 fully saturated rings. The van der Waals surface area contributed by atoms with Gasteiger partial charge in [0.05, 0.1) is 5.69 Å². The number of nitrogens with zero attached hydrogens (tertiary/aromatic N) is 2. The van der Waals surface area contributed by atoms with Gasteiger partial charge < -0.3 is 11.1 Å². The summed E-state index contributed by atoms with van der Waals surface area (Å²) in [5, 5.41) is 11.6. The summed E-state index contributed by atoms with van der Waals surface area (Å²) in [5.74, 6) is 1.05. The molecule has 2 heterocycles. The Morgan fingerprint density at radius 1 is 1.47 bits per heavy atom. The van der Waals surface area contributed by atoms with Crippen molar-refractivity contribution in [1.29, 1.82) is 0 Å². The minimum Gasteiger partial charge on any atom is -0.382 e. The fourth-order valence-corrected chi connectivity index (χ4v) is 2.30. The lowest BCUT2D eigenvalue weighted by Gasteiger charge is -2.28. The molecular weight excluding hydrogens is 188 g/mol. The van der Waals surface area contributed by atoms with Crippen molar-refractivity contribution in [2.45, 2.75) is 38.6 Å². The SMILES string of the molecule is Cc1cc(N)nnc1[C@H]1CCN[C@@H](C)C1. The number of hydrogen-bond acceptors (Lipinski definition) is 4. The monoisotopic (exact) mass is 206 g/mol. The Hall–Kier alpha value is -1.16. The molecule has 0 spiro atoms. The van der Waals surface area contributed by atoms with Crippen molar-refractivity contribution in [2.24, 2.45) is 0 Å². The molecule has 1 aromatic rings. The summed E-state index contributed by atoms with van der Waals surface area (Å²) < 4.78 is 0. The van der Waals surface area contributed by atoms with Crippen LogP contribution in [0.15, 0.2) is 6.07 Å². The fraction of sp³-hybridized carbons (Fsp3) is 0.636. The van der Waals surface area contributed by atoms with Gasteiger partial charge in [0.15, 0.2) is 0 Å². The van der Waals surface area contributed by atoms with Crippen LogP contribution in [0.1, 0.15) is 36.9 Å². The third-order valence-corrected chi connectivity index (χ3v) is 3.05. The molecule has 1 saturated heterocycles. The van der Waals surface area contributed by atoms with E-state index < -0.39 is 0 Å². The lowest BCUT2D eigenvalue weighted by molar-refractivity contribution is 0.374. The first-order chi connectivity index (χ1) is 7.16. The van der Waals surface area contributed by atoms with Crippen LogP contribution in [0.4, 0.5) is 5.82 Å². The van der Waals surface area contributed by atoms with Crippen molar-refractivity contribution in [2.75, 3.05) is 12.3 Å². The summed E-state index contributed by atoms with van der Waals surface area (Å²) in [4.78, 5) is 0. The summed E-state index contributed by atoms with van der Waals surface area (Å²) in [6.45, 7) is 5.34. The maximum absolute atomic E-state index is 5.60. The molecule has 3 N–H and O–H groups in total. The molecule has 4 nitrogen and oxygen atoms in total. The van der Waals surface area contributed by atoms with E-state index in [0.29, 0.717) is 17.8 Å². The Balaban J connectivity index is 2.21. The highest BCUT2D eigenvalue weighted by Crippen LogP contribution is 2.28. The number of aromatic nitrogens is 2. The number of nitrogens with two attached hydrogens (primary N) is 1. The zero-order valence-electron chi connectivity index (χ0n) is 9.33. The van der Waals surface area contributed by atoms with Crippen LogP contribution >= 0.6 is 0 Å². The smallest absolute Gasteiger partial charge is 0.146 e. The average molecular weight is 206 g/mol. The van der Waals surface area contributed by atoms with Gasteiger partial charge in [-0.3, -0.25) is 0 Å². The standard InChI is InChI=1S/C11H18N4/c1-7-5-10(12)14-15-11(7)9-3-4-13-8(2)6-9/h5,8-9,13H,3-4,6H2,1-2H3,(H2,12,14)/t8-,9-/m0/s1. The van der Waals surface area contributed by atoms with Gasteiger partial charge in [0, 0.05) is 12.0 Å². The molecule has 2 atom stereocenters. The van der Waals surface area contributed by atoms with Crippen molar-refractivity contribution < 1.29 is 0 Å². The molecular formula is C11H18N4. The summed E-state index contributed by atoms with van der Waals surface area (Å²) in [7, 11) is 0. The van der Waals surface area contributed by atoms with Crippen molar-refractivity contribution in [3.8, 4) is 0 Å². The maximum atomic E-state index is 5.60. The van der Waals surface area contributed by atoms with Gasteiger partial charge in [-0.25, -0.2) is 0 Å². The van der Waals surface area contributed by atoms with Gasteiger partial charge in [0.1, 0.15) is 5.82 Å². The molecule has 4 heteroatoms. The molecule has 82 valence electrons. The van der Waals surface area contributed by atoms with Crippen LogP contribution in [-0.4, -0.2) is 22.8 Å². The van der Waals surface area contributed by atoms with Crippen LogP contribution in [0.25, 0.3) is 0 Å². The Labute approximate surface area is 90.3 Å². The molecule has 1 aliphatic rings. The van der Waals surface area contributed by atoms with E-state index >= 15 is 0 Å². The van der Waals surface area contributed by atoms with E-state index in [1.807, 2.05) is 6.07 Å². The number of piperidine rings is 1. The molecule has 0 aromatic carbocycles. The zero-order valence-corrected chi connectivity index (χ0v) is 9.33. The molecule has 2 rings (SSSR count). The van der Waals surface area contributed by atoms with Gasteiger partial charge in [-0.1, -0.05) is 0 Å². The highest BCUT2D eigenvalue weighted by Gasteiger charge is 2.22. The Kier molecular flexibility index (Phi) is 2.86. The van der Waals surface area contributed by atoms with Crippen LogP contribution in [0.3, 0.4) is 0 Å². The van der Waals surface area contributed by atoms with Crippen molar-refractivity contribution in [3.05, 3.63) is 17.3 Å². The first-order valence-corrected chi connectivity index (χ1v) is 5.50. The first-order valence-electron chi connectivity index (χ1n) is 5.50. The van der Waals surface area contributed by atoms with Crippen LogP contribution in [0, 0.1) is 6.92 Å². The number of nitrogens with one attached hydrogen (secondary N) is 1. The minimum atomic E-state index is 0.512. The summed E-state index contributed by atoms with van der Waals surface area (Å²) in [6.07, 6.45) is 2.28. The molecule has 0 unspecified atom stereocenters.